The first kappa shape index (κ1) is 16.0. The number of benzene rings is 1. The number of carboxylic acid groups (broad SMARTS) is 1. The molecule has 0 spiro atoms. The topological polar surface area (TPSA) is 67.2 Å². The maximum Gasteiger partial charge on any atom is 0.435 e. The van der Waals surface area contributed by atoms with Crippen LogP contribution in [0.15, 0.2) is 30.5 Å². The lowest BCUT2D eigenvalue weighted by Crippen LogP contribution is -2.16. The van der Waals surface area contributed by atoms with E-state index in [1.54, 1.807) is 12.1 Å². The number of hydrogen-bond donors (Lipinski definition) is 2. The lowest BCUT2D eigenvalue weighted by molar-refractivity contribution is -0.142. The molecule has 2 aromatic rings. The number of aromatic carboxylic acids is 1. The summed E-state index contributed by atoms with van der Waals surface area (Å²) in [6, 6.07) is 6.13. The molecule has 0 atom stereocenters. The van der Waals surface area contributed by atoms with E-state index in [4.69, 9.17) is 5.11 Å². The molecule has 118 valence electrons. The van der Waals surface area contributed by atoms with E-state index in [1.807, 2.05) is 0 Å². The van der Waals surface area contributed by atoms with Crippen LogP contribution in [0.1, 0.15) is 27.2 Å². The number of carbonyl (C=O) groups is 1. The largest absolute Gasteiger partial charge is 0.478 e. The standard InChI is InChI=1S/C14H14F3N3O2/c1-20-8-11(12(19-20)14(15,16)17)7-18-6-9-2-4-10(5-3-9)13(21)22/h2-5,8,18H,6-7H2,1H3,(H,21,22). The van der Waals surface area contributed by atoms with Crippen molar-refractivity contribution < 1.29 is 23.1 Å². The summed E-state index contributed by atoms with van der Waals surface area (Å²) in [7, 11) is 1.43. The summed E-state index contributed by atoms with van der Waals surface area (Å²) < 4.78 is 39.4. The Kier molecular flexibility index (Phi) is 4.51. The molecule has 0 aliphatic carbocycles. The number of aryl methyl sites for hydroxylation is 1. The first-order valence-electron chi connectivity index (χ1n) is 6.40. The van der Waals surface area contributed by atoms with Gasteiger partial charge >= 0.3 is 12.1 Å². The Morgan fingerprint density at radius 3 is 2.45 bits per heavy atom. The van der Waals surface area contributed by atoms with E-state index < -0.39 is 17.8 Å². The summed E-state index contributed by atoms with van der Waals surface area (Å²) in [5.74, 6) is -1.02. The van der Waals surface area contributed by atoms with Crippen molar-refractivity contribution in [3.8, 4) is 0 Å². The van der Waals surface area contributed by atoms with Crippen molar-refractivity contribution >= 4 is 5.97 Å². The molecule has 0 saturated heterocycles. The first-order chi connectivity index (χ1) is 10.3. The molecule has 1 heterocycles. The van der Waals surface area contributed by atoms with Crippen molar-refractivity contribution in [2.75, 3.05) is 0 Å². The van der Waals surface area contributed by atoms with Gasteiger partial charge in [-0.1, -0.05) is 12.1 Å². The molecule has 1 aromatic heterocycles. The average molecular weight is 313 g/mol. The average Bonchev–Trinajstić information content (AvgIpc) is 2.80. The van der Waals surface area contributed by atoms with Crippen LogP contribution < -0.4 is 5.32 Å². The summed E-state index contributed by atoms with van der Waals surface area (Å²) in [5.41, 5.74) is 0.110. The number of rotatable bonds is 5. The van der Waals surface area contributed by atoms with Crippen LogP contribution in [0.4, 0.5) is 13.2 Å². The van der Waals surface area contributed by atoms with Crippen molar-refractivity contribution in [2.24, 2.45) is 7.05 Å². The Balaban J connectivity index is 1.98. The van der Waals surface area contributed by atoms with Crippen molar-refractivity contribution in [1.82, 2.24) is 15.1 Å². The monoisotopic (exact) mass is 313 g/mol. The normalized spacial score (nSPS) is 11.6. The summed E-state index contributed by atoms with van der Waals surface area (Å²) in [4.78, 5) is 10.7. The van der Waals surface area contributed by atoms with Crippen molar-refractivity contribution in [3.63, 3.8) is 0 Å². The van der Waals surface area contributed by atoms with Crippen LogP contribution >= 0.6 is 0 Å². The number of carboxylic acids is 1. The summed E-state index contributed by atoms with van der Waals surface area (Å²) >= 11 is 0. The zero-order valence-electron chi connectivity index (χ0n) is 11.7. The number of aromatic nitrogens is 2. The van der Waals surface area contributed by atoms with Gasteiger partial charge in [0.2, 0.25) is 0 Å². The van der Waals surface area contributed by atoms with E-state index >= 15 is 0 Å². The Bertz CT molecular complexity index is 663. The lowest BCUT2D eigenvalue weighted by atomic mass is 10.1. The fourth-order valence-electron chi connectivity index (χ4n) is 2.01. The molecular weight excluding hydrogens is 299 g/mol. The summed E-state index contributed by atoms with van der Waals surface area (Å²) in [5, 5.41) is 15.1. The van der Waals surface area contributed by atoms with Crippen LogP contribution in [0.25, 0.3) is 0 Å². The Morgan fingerprint density at radius 1 is 1.27 bits per heavy atom. The molecule has 5 nitrogen and oxygen atoms in total. The van der Waals surface area contributed by atoms with Crippen molar-refractivity contribution in [1.29, 1.82) is 0 Å². The van der Waals surface area contributed by atoms with Gasteiger partial charge in [0.25, 0.3) is 0 Å². The number of nitrogens with zero attached hydrogens (tertiary/aromatic N) is 2. The smallest absolute Gasteiger partial charge is 0.435 e. The van der Waals surface area contributed by atoms with Gasteiger partial charge in [-0.3, -0.25) is 4.68 Å². The maximum absolute atomic E-state index is 12.8. The third kappa shape index (κ3) is 3.85. The van der Waals surface area contributed by atoms with Crippen LogP contribution in [0.2, 0.25) is 0 Å². The van der Waals surface area contributed by atoms with Crippen molar-refractivity contribution in [3.05, 3.63) is 52.8 Å². The Morgan fingerprint density at radius 2 is 1.91 bits per heavy atom. The number of halogens is 3. The van der Waals surface area contributed by atoms with Crippen LogP contribution in [0, 0.1) is 0 Å². The molecule has 0 unspecified atom stereocenters. The molecule has 0 radical (unpaired) electrons. The summed E-state index contributed by atoms with van der Waals surface area (Å²) in [6.45, 7) is 0.343. The quantitative estimate of drug-likeness (QED) is 0.889. The van der Waals surface area contributed by atoms with Crippen LogP contribution in [-0.4, -0.2) is 20.9 Å². The second-order valence-corrected chi connectivity index (χ2v) is 4.78. The van der Waals surface area contributed by atoms with Crippen LogP contribution in [0.5, 0.6) is 0 Å². The maximum atomic E-state index is 12.8. The van der Waals surface area contributed by atoms with E-state index in [0.717, 1.165) is 10.2 Å². The Hall–Kier alpha value is -2.35. The molecule has 0 amide bonds. The van der Waals surface area contributed by atoms with Gasteiger partial charge in [-0.15, -0.1) is 0 Å². The van der Waals surface area contributed by atoms with Gasteiger partial charge in [0, 0.05) is 31.9 Å². The molecule has 8 heteroatoms. The van der Waals surface area contributed by atoms with Crippen LogP contribution in [0.3, 0.4) is 0 Å². The zero-order valence-corrected chi connectivity index (χ0v) is 11.7. The number of hydrogen-bond acceptors (Lipinski definition) is 3. The predicted molar refractivity (Wildman–Crippen MR) is 72.2 cm³/mol. The van der Waals surface area contributed by atoms with E-state index in [9.17, 15) is 18.0 Å². The zero-order chi connectivity index (χ0) is 16.3. The van der Waals surface area contributed by atoms with Crippen LogP contribution in [-0.2, 0) is 26.3 Å². The van der Waals surface area contributed by atoms with Crippen molar-refractivity contribution in [2.45, 2.75) is 19.3 Å². The fraction of sp³-hybridized carbons (Fsp3) is 0.286. The molecule has 0 aliphatic rings. The molecule has 0 saturated carbocycles. The second-order valence-electron chi connectivity index (χ2n) is 4.78. The highest BCUT2D eigenvalue weighted by Crippen LogP contribution is 2.30. The minimum Gasteiger partial charge on any atom is -0.478 e. The highest BCUT2D eigenvalue weighted by molar-refractivity contribution is 5.87. The van der Waals surface area contributed by atoms with E-state index in [1.165, 1.54) is 25.4 Å². The highest BCUT2D eigenvalue weighted by Gasteiger charge is 2.36. The fourth-order valence-corrected chi connectivity index (χ4v) is 2.01. The highest BCUT2D eigenvalue weighted by atomic mass is 19.4. The van der Waals surface area contributed by atoms with Gasteiger partial charge in [-0.2, -0.15) is 18.3 Å². The molecule has 0 aliphatic heterocycles. The SMILES string of the molecule is Cn1cc(CNCc2ccc(C(=O)O)cc2)c(C(F)(F)F)n1. The molecule has 22 heavy (non-hydrogen) atoms. The number of nitrogens with one attached hydrogen (secondary N) is 1. The van der Waals surface area contributed by atoms with E-state index in [0.29, 0.717) is 6.54 Å². The molecule has 1 aromatic carbocycles. The van der Waals surface area contributed by atoms with E-state index in [-0.39, 0.29) is 17.7 Å². The van der Waals surface area contributed by atoms with Gasteiger partial charge in [0.1, 0.15) is 0 Å². The minimum atomic E-state index is -4.48. The molecule has 2 N–H and O–H groups in total. The first-order valence-corrected chi connectivity index (χ1v) is 6.40. The predicted octanol–water partition coefficient (Wildman–Crippen LogP) is 2.43. The molecule has 2 rings (SSSR count). The van der Waals surface area contributed by atoms with Gasteiger partial charge in [-0.05, 0) is 17.7 Å². The van der Waals surface area contributed by atoms with Gasteiger partial charge in [-0.25, -0.2) is 4.79 Å². The van der Waals surface area contributed by atoms with Gasteiger partial charge in [0.05, 0.1) is 5.56 Å². The molecule has 0 fully saturated rings. The minimum absolute atomic E-state index is 0.0172. The second kappa shape index (κ2) is 6.18. The van der Waals surface area contributed by atoms with E-state index in [2.05, 4.69) is 10.4 Å². The van der Waals surface area contributed by atoms with Gasteiger partial charge < -0.3 is 10.4 Å². The summed E-state index contributed by atoms with van der Waals surface area (Å²) in [6.07, 6.45) is -3.16. The molecular formula is C14H14F3N3O2. The Labute approximate surface area is 124 Å². The third-order valence-electron chi connectivity index (χ3n) is 3.02. The van der Waals surface area contributed by atoms with Gasteiger partial charge in [0.15, 0.2) is 5.69 Å². The number of alkyl halides is 3. The molecule has 0 bridgehead atoms. The third-order valence-corrected chi connectivity index (χ3v) is 3.02. The lowest BCUT2D eigenvalue weighted by Gasteiger charge is -2.07.